The van der Waals surface area contributed by atoms with Crippen LogP contribution < -0.4 is 5.32 Å². The first-order chi connectivity index (χ1) is 9.20. The van der Waals surface area contributed by atoms with Gasteiger partial charge >= 0.3 is 0 Å². The zero-order valence-electron chi connectivity index (χ0n) is 11.5. The van der Waals surface area contributed by atoms with E-state index in [9.17, 15) is 0 Å². The Labute approximate surface area is 119 Å². The molecule has 1 aliphatic rings. The van der Waals surface area contributed by atoms with E-state index in [-0.39, 0.29) is 0 Å². The minimum atomic E-state index is 0.373. The second-order valence-corrected chi connectivity index (χ2v) is 5.89. The fourth-order valence-electron chi connectivity index (χ4n) is 3.00. The molecule has 1 aromatic heterocycles. The summed E-state index contributed by atoms with van der Waals surface area (Å²) < 4.78 is 2.35. The van der Waals surface area contributed by atoms with Crippen molar-refractivity contribution in [2.75, 3.05) is 6.54 Å². The SMILES string of the molecule is CCCn1c(C2NCCC2C)nc2cc(Cl)ccc21. The van der Waals surface area contributed by atoms with Crippen LogP contribution in [0.5, 0.6) is 0 Å². The van der Waals surface area contributed by atoms with Gasteiger partial charge in [0.1, 0.15) is 5.82 Å². The number of hydrogen-bond donors (Lipinski definition) is 1. The van der Waals surface area contributed by atoms with Crippen molar-refractivity contribution < 1.29 is 0 Å². The van der Waals surface area contributed by atoms with Gasteiger partial charge in [-0.2, -0.15) is 0 Å². The third-order valence-electron chi connectivity index (χ3n) is 4.00. The van der Waals surface area contributed by atoms with E-state index in [0.717, 1.165) is 30.0 Å². The molecule has 2 heterocycles. The van der Waals surface area contributed by atoms with Crippen LogP contribution in [0.15, 0.2) is 18.2 Å². The highest BCUT2D eigenvalue weighted by Crippen LogP contribution is 2.31. The van der Waals surface area contributed by atoms with Gasteiger partial charge in [-0.05, 0) is 43.5 Å². The molecule has 0 radical (unpaired) electrons. The number of halogens is 1. The molecule has 1 aliphatic heterocycles. The number of nitrogens with one attached hydrogen (secondary N) is 1. The molecule has 0 amide bonds. The minimum Gasteiger partial charge on any atom is -0.327 e. The zero-order valence-corrected chi connectivity index (χ0v) is 12.2. The van der Waals surface area contributed by atoms with Crippen molar-refractivity contribution in [2.24, 2.45) is 5.92 Å². The Morgan fingerprint density at radius 1 is 1.47 bits per heavy atom. The van der Waals surface area contributed by atoms with Crippen molar-refractivity contribution in [3.63, 3.8) is 0 Å². The predicted molar refractivity (Wildman–Crippen MR) is 79.6 cm³/mol. The number of nitrogens with zero attached hydrogens (tertiary/aromatic N) is 2. The minimum absolute atomic E-state index is 0.373. The molecule has 4 heteroatoms. The van der Waals surface area contributed by atoms with Crippen LogP contribution in [0.3, 0.4) is 0 Å². The lowest BCUT2D eigenvalue weighted by Gasteiger charge is -2.17. The molecule has 2 aromatic rings. The lowest BCUT2D eigenvalue weighted by molar-refractivity contribution is 0.457. The number of rotatable bonds is 3. The van der Waals surface area contributed by atoms with E-state index >= 15 is 0 Å². The Bertz CT molecular complexity index is 590. The summed E-state index contributed by atoms with van der Waals surface area (Å²) in [7, 11) is 0. The quantitative estimate of drug-likeness (QED) is 0.925. The second-order valence-electron chi connectivity index (χ2n) is 5.45. The monoisotopic (exact) mass is 277 g/mol. The molecule has 1 N–H and O–H groups in total. The lowest BCUT2D eigenvalue weighted by Crippen LogP contribution is -2.21. The first-order valence-electron chi connectivity index (χ1n) is 7.09. The summed E-state index contributed by atoms with van der Waals surface area (Å²) in [5.74, 6) is 1.81. The van der Waals surface area contributed by atoms with Crippen LogP contribution in [0.25, 0.3) is 11.0 Å². The van der Waals surface area contributed by atoms with Gasteiger partial charge in [0, 0.05) is 11.6 Å². The number of aromatic nitrogens is 2. The molecule has 3 rings (SSSR count). The van der Waals surface area contributed by atoms with E-state index in [4.69, 9.17) is 16.6 Å². The van der Waals surface area contributed by atoms with Crippen LogP contribution >= 0.6 is 11.6 Å². The molecule has 3 nitrogen and oxygen atoms in total. The van der Waals surface area contributed by atoms with E-state index in [1.807, 2.05) is 12.1 Å². The van der Waals surface area contributed by atoms with Gasteiger partial charge < -0.3 is 9.88 Å². The summed E-state index contributed by atoms with van der Waals surface area (Å²) in [5.41, 5.74) is 2.21. The molecular weight excluding hydrogens is 258 g/mol. The third kappa shape index (κ3) is 2.26. The Morgan fingerprint density at radius 2 is 2.32 bits per heavy atom. The molecule has 1 fully saturated rings. The van der Waals surface area contributed by atoms with Crippen molar-refractivity contribution in [1.82, 2.24) is 14.9 Å². The van der Waals surface area contributed by atoms with Crippen LogP contribution in [0.2, 0.25) is 5.02 Å². The van der Waals surface area contributed by atoms with Crippen LogP contribution in [-0.4, -0.2) is 16.1 Å². The standard InChI is InChI=1S/C15H20ClN3/c1-3-8-19-13-5-4-11(16)9-12(13)18-15(19)14-10(2)6-7-17-14/h4-5,9-10,14,17H,3,6-8H2,1-2H3. The number of imidazole rings is 1. The molecule has 1 aromatic carbocycles. The maximum atomic E-state index is 6.08. The average molecular weight is 278 g/mol. The molecule has 0 spiro atoms. The van der Waals surface area contributed by atoms with Crippen molar-refractivity contribution in [1.29, 1.82) is 0 Å². The van der Waals surface area contributed by atoms with Crippen LogP contribution in [0, 0.1) is 5.92 Å². The highest BCUT2D eigenvalue weighted by atomic mass is 35.5. The number of benzene rings is 1. The molecule has 2 unspecified atom stereocenters. The van der Waals surface area contributed by atoms with Gasteiger partial charge in [-0.1, -0.05) is 25.4 Å². The number of fused-ring (bicyclic) bond motifs is 1. The Morgan fingerprint density at radius 3 is 3.00 bits per heavy atom. The smallest absolute Gasteiger partial charge is 0.127 e. The molecule has 0 saturated carbocycles. The Balaban J connectivity index is 2.13. The zero-order chi connectivity index (χ0) is 13.4. The van der Waals surface area contributed by atoms with Crippen molar-refractivity contribution in [3.05, 3.63) is 29.0 Å². The van der Waals surface area contributed by atoms with Gasteiger partial charge in [-0.15, -0.1) is 0 Å². The van der Waals surface area contributed by atoms with Crippen LogP contribution in [-0.2, 0) is 6.54 Å². The summed E-state index contributed by atoms with van der Waals surface area (Å²) in [5, 5.41) is 4.34. The largest absolute Gasteiger partial charge is 0.327 e. The molecule has 19 heavy (non-hydrogen) atoms. The van der Waals surface area contributed by atoms with E-state index in [2.05, 4.69) is 29.8 Å². The highest BCUT2D eigenvalue weighted by Gasteiger charge is 2.29. The number of aryl methyl sites for hydroxylation is 1. The lowest BCUT2D eigenvalue weighted by atomic mass is 10.0. The topological polar surface area (TPSA) is 29.9 Å². The molecule has 0 aliphatic carbocycles. The maximum Gasteiger partial charge on any atom is 0.127 e. The fourth-order valence-corrected chi connectivity index (χ4v) is 3.16. The highest BCUT2D eigenvalue weighted by molar-refractivity contribution is 6.31. The van der Waals surface area contributed by atoms with E-state index in [1.165, 1.54) is 17.8 Å². The van der Waals surface area contributed by atoms with Gasteiger partial charge in [-0.25, -0.2) is 4.98 Å². The van der Waals surface area contributed by atoms with Crippen LogP contribution in [0.1, 0.15) is 38.6 Å². The van der Waals surface area contributed by atoms with Gasteiger partial charge in [0.2, 0.25) is 0 Å². The second kappa shape index (κ2) is 5.14. The van der Waals surface area contributed by atoms with Crippen LogP contribution in [0.4, 0.5) is 0 Å². The average Bonchev–Trinajstić information content (AvgIpc) is 2.94. The first-order valence-corrected chi connectivity index (χ1v) is 7.47. The van der Waals surface area contributed by atoms with E-state index in [0.29, 0.717) is 12.0 Å². The molecule has 0 bridgehead atoms. The molecule has 2 atom stereocenters. The Hall–Kier alpha value is -1.06. The van der Waals surface area contributed by atoms with E-state index in [1.54, 1.807) is 0 Å². The first kappa shape index (κ1) is 12.9. The Kier molecular flexibility index (Phi) is 3.50. The summed E-state index contributed by atoms with van der Waals surface area (Å²) >= 11 is 6.08. The molecule has 102 valence electrons. The summed E-state index contributed by atoms with van der Waals surface area (Å²) in [6, 6.07) is 6.38. The maximum absolute atomic E-state index is 6.08. The van der Waals surface area contributed by atoms with Gasteiger partial charge in [0.15, 0.2) is 0 Å². The van der Waals surface area contributed by atoms with Crippen molar-refractivity contribution in [2.45, 2.75) is 39.3 Å². The fraction of sp³-hybridized carbons (Fsp3) is 0.533. The molecular formula is C15H20ClN3. The predicted octanol–water partition coefficient (Wildman–Crippen LogP) is 3.77. The number of hydrogen-bond acceptors (Lipinski definition) is 2. The summed E-state index contributed by atoms with van der Waals surface area (Å²) in [6.45, 7) is 6.60. The van der Waals surface area contributed by atoms with Crippen molar-refractivity contribution >= 4 is 22.6 Å². The summed E-state index contributed by atoms with van der Waals surface area (Å²) in [4.78, 5) is 4.84. The third-order valence-corrected chi connectivity index (χ3v) is 4.23. The van der Waals surface area contributed by atoms with E-state index < -0.39 is 0 Å². The summed E-state index contributed by atoms with van der Waals surface area (Å²) in [6.07, 6.45) is 2.34. The van der Waals surface area contributed by atoms with Gasteiger partial charge in [0.25, 0.3) is 0 Å². The van der Waals surface area contributed by atoms with Gasteiger partial charge in [-0.3, -0.25) is 0 Å². The normalized spacial score (nSPS) is 23.3. The van der Waals surface area contributed by atoms with Gasteiger partial charge in [0.05, 0.1) is 17.1 Å². The van der Waals surface area contributed by atoms with Crippen molar-refractivity contribution in [3.8, 4) is 0 Å². The molecule has 1 saturated heterocycles.